The van der Waals surface area contributed by atoms with Gasteiger partial charge in [-0.2, -0.15) is 0 Å². The quantitative estimate of drug-likeness (QED) is 0.526. The third-order valence-corrected chi connectivity index (χ3v) is 1.94. The SMILES string of the molecule is CCOc1ccccc1CN=N[SiH3]. The number of hydrogen-bond acceptors (Lipinski definition) is 3. The van der Waals surface area contributed by atoms with E-state index in [-0.39, 0.29) is 0 Å². The van der Waals surface area contributed by atoms with Crippen LogP contribution >= 0.6 is 0 Å². The average molecular weight is 194 g/mol. The van der Waals surface area contributed by atoms with E-state index < -0.39 is 0 Å². The molecule has 0 fully saturated rings. The fraction of sp³-hybridized carbons (Fsp3) is 0.333. The first-order valence-electron chi connectivity index (χ1n) is 4.34. The van der Waals surface area contributed by atoms with Crippen molar-refractivity contribution in [1.29, 1.82) is 0 Å². The molecule has 0 radical (unpaired) electrons. The van der Waals surface area contributed by atoms with E-state index in [2.05, 4.69) is 9.89 Å². The molecule has 1 rings (SSSR count). The first-order valence-corrected chi connectivity index (χ1v) is 5.24. The molecule has 0 saturated carbocycles. The van der Waals surface area contributed by atoms with Crippen LogP contribution in [0.15, 0.2) is 34.2 Å². The number of nitrogens with zero attached hydrogens (tertiary/aromatic N) is 2. The molecule has 13 heavy (non-hydrogen) atoms. The van der Waals surface area contributed by atoms with Crippen molar-refractivity contribution >= 4 is 10.4 Å². The van der Waals surface area contributed by atoms with E-state index in [1.165, 1.54) is 0 Å². The smallest absolute Gasteiger partial charge is 0.162 e. The molecule has 0 bridgehead atoms. The molecule has 0 aromatic heterocycles. The largest absolute Gasteiger partial charge is 0.494 e. The van der Waals surface area contributed by atoms with Crippen LogP contribution in [0.3, 0.4) is 0 Å². The Labute approximate surface area is 81.3 Å². The average Bonchev–Trinajstić information content (AvgIpc) is 2.17. The lowest BCUT2D eigenvalue weighted by molar-refractivity contribution is 0.336. The third-order valence-electron chi connectivity index (χ3n) is 1.65. The molecule has 0 aliphatic rings. The molecule has 0 heterocycles. The number of hydrogen-bond donors (Lipinski definition) is 0. The number of ether oxygens (including phenoxy) is 1. The monoisotopic (exact) mass is 194 g/mol. The van der Waals surface area contributed by atoms with Crippen molar-refractivity contribution < 1.29 is 4.74 Å². The Bertz CT molecular complexity index is 289. The summed E-state index contributed by atoms with van der Waals surface area (Å²) < 4.78 is 9.28. The summed E-state index contributed by atoms with van der Waals surface area (Å²) in [6.07, 6.45) is 0. The second-order valence-corrected chi connectivity index (χ2v) is 2.94. The Balaban J connectivity index is 2.77. The van der Waals surface area contributed by atoms with Crippen molar-refractivity contribution in [2.75, 3.05) is 6.61 Å². The second-order valence-electron chi connectivity index (χ2n) is 2.54. The van der Waals surface area contributed by atoms with Crippen LogP contribution in [0.2, 0.25) is 0 Å². The molecule has 4 heteroatoms. The zero-order chi connectivity index (χ0) is 9.52. The minimum absolute atomic E-state index is 0.625. The van der Waals surface area contributed by atoms with Gasteiger partial charge in [0.05, 0.1) is 13.2 Å². The van der Waals surface area contributed by atoms with Gasteiger partial charge in [-0.25, -0.2) is 5.11 Å². The summed E-state index contributed by atoms with van der Waals surface area (Å²) in [6, 6.07) is 7.93. The van der Waals surface area contributed by atoms with Gasteiger partial charge < -0.3 is 4.74 Å². The van der Waals surface area contributed by atoms with Crippen LogP contribution in [0.25, 0.3) is 0 Å². The summed E-state index contributed by atoms with van der Waals surface area (Å²) in [6.45, 7) is 3.29. The van der Waals surface area contributed by atoms with Crippen LogP contribution in [-0.4, -0.2) is 17.0 Å². The van der Waals surface area contributed by atoms with Crippen molar-refractivity contribution in [2.45, 2.75) is 13.5 Å². The molecule has 0 N–H and O–H groups in total. The van der Waals surface area contributed by atoms with Crippen LogP contribution in [0.5, 0.6) is 5.75 Å². The van der Waals surface area contributed by atoms with E-state index in [9.17, 15) is 0 Å². The molecule has 70 valence electrons. The lowest BCUT2D eigenvalue weighted by Gasteiger charge is -2.06. The van der Waals surface area contributed by atoms with Crippen molar-refractivity contribution in [1.82, 2.24) is 0 Å². The van der Waals surface area contributed by atoms with Gasteiger partial charge in [0.25, 0.3) is 0 Å². The van der Waals surface area contributed by atoms with E-state index in [0.717, 1.165) is 21.7 Å². The van der Waals surface area contributed by atoms with Gasteiger partial charge in [0.15, 0.2) is 10.4 Å². The minimum atomic E-state index is 0.625. The van der Waals surface area contributed by atoms with Crippen LogP contribution in [0, 0.1) is 0 Å². The summed E-state index contributed by atoms with van der Waals surface area (Å²) in [5.74, 6) is 0.916. The van der Waals surface area contributed by atoms with Crippen molar-refractivity contribution in [3.63, 3.8) is 0 Å². The summed E-state index contributed by atoms with van der Waals surface area (Å²) in [4.78, 5) is 0. The third kappa shape index (κ3) is 2.99. The van der Waals surface area contributed by atoms with Gasteiger partial charge >= 0.3 is 0 Å². The number of para-hydroxylation sites is 1. The van der Waals surface area contributed by atoms with Gasteiger partial charge in [-0.15, -0.1) is 0 Å². The molecule has 0 aliphatic heterocycles. The van der Waals surface area contributed by atoms with Crippen molar-refractivity contribution in [3.8, 4) is 5.75 Å². The van der Waals surface area contributed by atoms with Gasteiger partial charge in [-0.05, 0) is 13.0 Å². The molecule has 0 saturated heterocycles. The van der Waals surface area contributed by atoms with Crippen LogP contribution in [0.4, 0.5) is 0 Å². The first kappa shape index (κ1) is 9.92. The Morgan fingerprint density at radius 2 is 2.15 bits per heavy atom. The number of benzene rings is 1. The Morgan fingerprint density at radius 1 is 1.38 bits per heavy atom. The fourth-order valence-electron chi connectivity index (χ4n) is 1.08. The predicted octanol–water partition coefficient (Wildman–Crippen LogP) is 1.32. The molecular weight excluding hydrogens is 180 g/mol. The molecule has 0 atom stereocenters. The highest BCUT2D eigenvalue weighted by molar-refractivity contribution is 6.04. The molecule has 1 aromatic rings. The normalized spacial score (nSPS) is 10.8. The maximum Gasteiger partial charge on any atom is 0.162 e. The number of rotatable bonds is 4. The molecule has 3 nitrogen and oxygen atoms in total. The van der Waals surface area contributed by atoms with Gasteiger partial charge in [0.2, 0.25) is 0 Å². The zero-order valence-corrected chi connectivity index (χ0v) is 10.0. The van der Waals surface area contributed by atoms with Gasteiger partial charge in [0.1, 0.15) is 5.75 Å². The highest BCUT2D eigenvalue weighted by atomic mass is 28.2. The zero-order valence-electron chi connectivity index (χ0n) is 8.03. The van der Waals surface area contributed by atoms with E-state index >= 15 is 0 Å². The topological polar surface area (TPSA) is 34.0 Å². The summed E-state index contributed by atoms with van der Waals surface area (Å²) >= 11 is 0. The Kier molecular flexibility index (Phi) is 4.18. The van der Waals surface area contributed by atoms with Gasteiger partial charge in [-0.1, -0.05) is 18.2 Å². The first-order chi connectivity index (χ1) is 6.38. The van der Waals surface area contributed by atoms with E-state index in [4.69, 9.17) is 4.74 Å². The standard InChI is InChI=1S/C9H14N2OSi/c1-2-12-9-6-4-3-5-8(9)7-10-11-13/h3-6H,2,7H2,1,13H3. The van der Waals surface area contributed by atoms with Crippen LogP contribution < -0.4 is 4.74 Å². The van der Waals surface area contributed by atoms with Crippen LogP contribution in [-0.2, 0) is 6.54 Å². The van der Waals surface area contributed by atoms with Crippen molar-refractivity contribution in [2.24, 2.45) is 9.89 Å². The summed E-state index contributed by atoms with van der Waals surface area (Å²) in [7, 11) is 0.768. The van der Waals surface area contributed by atoms with Crippen LogP contribution in [0.1, 0.15) is 12.5 Å². The maximum atomic E-state index is 5.44. The van der Waals surface area contributed by atoms with Gasteiger partial charge in [-0.3, -0.25) is 4.78 Å². The molecule has 0 amide bonds. The summed E-state index contributed by atoms with van der Waals surface area (Å²) in [5.41, 5.74) is 1.10. The highest BCUT2D eigenvalue weighted by Gasteiger charge is 1.99. The van der Waals surface area contributed by atoms with E-state index in [1.807, 2.05) is 31.2 Å². The van der Waals surface area contributed by atoms with Gasteiger partial charge in [0, 0.05) is 5.56 Å². The van der Waals surface area contributed by atoms with E-state index in [0.29, 0.717) is 13.2 Å². The van der Waals surface area contributed by atoms with E-state index in [1.54, 1.807) is 0 Å². The molecular formula is C9H14N2OSi. The molecule has 1 aromatic carbocycles. The molecule has 0 aliphatic carbocycles. The second kappa shape index (κ2) is 5.48. The molecule has 0 spiro atoms. The molecule has 0 unspecified atom stereocenters. The maximum absolute atomic E-state index is 5.44. The lowest BCUT2D eigenvalue weighted by Crippen LogP contribution is -1.95. The van der Waals surface area contributed by atoms with Crippen molar-refractivity contribution in [3.05, 3.63) is 29.8 Å². The highest BCUT2D eigenvalue weighted by Crippen LogP contribution is 2.18. The predicted molar refractivity (Wildman–Crippen MR) is 56.1 cm³/mol. The summed E-state index contributed by atoms with van der Waals surface area (Å²) in [5, 5.41) is 3.99. The fourth-order valence-corrected chi connectivity index (χ4v) is 1.22. The Hall–Kier alpha value is -1.16. The minimum Gasteiger partial charge on any atom is -0.494 e. The lowest BCUT2D eigenvalue weighted by atomic mass is 10.2. The Morgan fingerprint density at radius 3 is 2.85 bits per heavy atom.